The van der Waals surface area contributed by atoms with E-state index in [1.165, 1.54) is 15.6 Å². The van der Waals surface area contributed by atoms with Crippen molar-refractivity contribution in [2.45, 2.75) is 13.5 Å². The Morgan fingerprint density at radius 2 is 2.07 bits per heavy atom. The molecule has 82 valence electrons. The fraction of sp³-hybridized carbons (Fsp3) is 0.500. The van der Waals surface area contributed by atoms with E-state index in [0.717, 1.165) is 32.8 Å². The van der Waals surface area contributed by atoms with E-state index < -0.39 is 0 Å². The molecule has 0 bridgehead atoms. The predicted molar refractivity (Wildman–Crippen MR) is 65.0 cm³/mol. The van der Waals surface area contributed by atoms with Crippen LogP contribution in [0, 0.1) is 6.92 Å². The van der Waals surface area contributed by atoms with Gasteiger partial charge in [-0.2, -0.15) is 0 Å². The third kappa shape index (κ3) is 3.03. The highest BCUT2D eigenvalue weighted by Gasteiger charge is 2.11. The van der Waals surface area contributed by atoms with Crippen LogP contribution in [0.3, 0.4) is 0 Å². The van der Waals surface area contributed by atoms with Crippen molar-refractivity contribution in [3.63, 3.8) is 0 Å². The second-order valence-electron chi connectivity index (χ2n) is 3.98. The van der Waals surface area contributed by atoms with Crippen molar-refractivity contribution in [2.24, 2.45) is 0 Å². The van der Waals surface area contributed by atoms with Crippen LogP contribution in [0.1, 0.15) is 11.1 Å². The summed E-state index contributed by atoms with van der Waals surface area (Å²) in [5, 5.41) is 0. The zero-order chi connectivity index (χ0) is 10.7. The molecule has 1 fully saturated rings. The molecule has 0 radical (unpaired) electrons. The minimum absolute atomic E-state index is 0.865. The molecule has 0 N–H and O–H groups in total. The van der Waals surface area contributed by atoms with E-state index in [4.69, 9.17) is 4.74 Å². The number of rotatable bonds is 2. The Labute approximate surface area is 99.4 Å². The Bertz CT molecular complexity index is 334. The van der Waals surface area contributed by atoms with Crippen molar-refractivity contribution in [3.8, 4) is 0 Å². The Balaban J connectivity index is 2.03. The summed E-state index contributed by atoms with van der Waals surface area (Å²) in [6, 6.07) is 6.55. The van der Waals surface area contributed by atoms with Gasteiger partial charge in [0.1, 0.15) is 0 Å². The number of hydrogen-bond acceptors (Lipinski definition) is 2. The smallest absolute Gasteiger partial charge is 0.0594 e. The number of benzene rings is 1. The average molecular weight is 270 g/mol. The minimum Gasteiger partial charge on any atom is -0.379 e. The van der Waals surface area contributed by atoms with Gasteiger partial charge in [0.15, 0.2) is 0 Å². The molecule has 0 atom stereocenters. The van der Waals surface area contributed by atoms with Gasteiger partial charge in [-0.05, 0) is 24.1 Å². The topological polar surface area (TPSA) is 12.5 Å². The highest BCUT2D eigenvalue weighted by atomic mass is 79.9. The maximum absolute atomic E-state index is 5.33. The summed E-state index contributed by atoms with van der Waals surface area (Å²) in [6.07, 6.45) is 0. The highest BCUT2D eigenvalue weighted by molar-refractivity contribution is 9.10. The Hall–Kier alpha value is -0.380. The molecular weight excluding hydrogens is 254 g/mol. The highest BCUT2D eigenvalue weighted by Crippen LogP contribution is 2.20. The summed E-state index contributed by atoms with van der Waals surface area (Å²) < 4.78 is 6.55. The third-order valence-electron chi connectivity index (χ3n) is 2.71. The van der Waals surface area contributed by atoms with Gasteiger partial charge in [0.05, 0.1) is 13.2 Å². The van der Waals surface area contributed by atoms with E-state index in [1.807, 2.05) is 0 Å². The van der Waals surface area contributed by atoms with Crippen LogP contribution in [-0.4, -0.2) is 31.2 Å². The molecule has 0 unspecified atom stereocenters. The van der Waals surface area contributed by atoms with E-state index in [2.05, 4.69) is 46.0 Å². The van der Waals surface area contributed by atoms with E-state index in [-0.39, 0.29) is 0 Å². The van der Waals surface area contributed by atoms with Crippen LogP contribution >= 0.6 is 15.9 Å². The fourth-order valence-electron chi connectivity index (χ4n) is 1.78. The number of nitrogens with zero attached hydrogens (tertiary/aromatic N) is 1. The molecule has 1 aliphatic rings. The lowest BCUT2D eigenvalue weighted by Crippen LogP contribution is -2.35. The van der Waals surface area contributed by atoms with Gasteiger partial charge < -0.3 is 4.74 Å². The number of ether oxygens (including phenoxy) is 1. The van der Waals surface area contributed by atoms with Gasteiger partial charge in [0, 0.05) is 24.1 Å². The molecule has 0 spiro atoms. The van der Waals surface area contributed by atoms with Crippen LogP contribution in [0.5, 0.6) is 0 Å². The Kier molecular flexibility index (Phi) is 3.78. The first-order valence-electron chi connectivity index (χ1n) is 5.31. The first-order chi connectivity index (χ1) is 7.25. The lowest BCUT2D eigenvalue weighted by Gasteiger charge is -2.27. The van der Waals surface area contributed by atoms with Crippen LogP contribution in [0.25, 0.3) is 0 Å². The first-order valence-corrected chi connectivity index (χ1v) is 6.10. The molecule has 0 aliphatic carbocycles. The minimum atomic E-state index is 0.865. The van der Waals surface area contributed by atoms with Crippen molar-refractivity contribution in [1.29, 1.82) is 0 Å². The molecule has 2 rings (SSSR count). The van der Waals surface area contributed by atoms with Gasteiger partial charge in [0.25, 0.3) is 0 Å². The maximum Gasteiger partial charge on any atom is 0.0594 e. The van der Waals surface area contributed by atoms with Gasteiger partial charge in [-0.3, -0.25) is 4.90 Å². The maximum atomic E-state index is 5.33. The van der Waals surface area contributed by atoms with E-state index in [9.17, 15) is 0 Å². The van der Waals surface area contributed by atoms with Crippen LogP contribution < -0.4 is 0 Å². The molecular formula is C12H16BrNO. The molecule has 1 aromatic rings. The van der Waals surface area contributed by atoms with Crippen LogP contribution in [0.4, 0.5) is 0 Å². The summed E-state index contributed by atoms with van der Waals surface area (Å²) in [5.74, 6) is 0. The van der Waals surface area contributed by atoms with Gasteiger partial charge >= 0.3 is 0 Å². The number of aryl methyl sites for hydroxylation is 1. The Morgan fingerprint density at radius 3 is 2.73 bits per heavy atom. The van der Waals surface area contributed by atoms with Crippen molar-refractivity contribution >= 4 is 15.9 Å². The van der Waals surface area contributed by atoms with Crippen molar-refractivity contribution in [2.75, 3.05) is 26.3 Å². The molecule has 1 aliphatic heterocycles. The average Bonchev–Trinajstić information content (AvgIpc) is 2.24. The van der Waals surface area contributed by atoms with Crippen molar-refractivity contribution in [3.05, 3.63) is 33.8 Å². The molecule has 1 saturated heterocycles. The lowest BCUT2D eigenvalue weighted by atomic mass is 10.1. The van der Waals surface area contributed by atoms with Gasteiger partial charge in [0.2, 0.25) is 0 Å². The van der Waals surface area contributed by atoms with E-state index in [1.54, 1.807) is 0 Å². The van der Waals surface area contributed by atoms with Gasteiger partial charge in [-0.1, -0.05) is 28.1 Å². The van der Waals surface area contributed by atoms with Crippen molar-refractivity contribution < 1.29 is 4.74 Å². The van der Waals surface area contributed by atoms with E-state index >= 15 is 0 Å². The quantitative estimate of drug-likeness (QED) is 0.819. The summed E-state index contributed by atoms with van der Waals surface area (Å²) in [6.45, 7) is 6.95. The molecule has 3 heteroatoms. The van der Waals surface area contributed by atoms with Gasteiger partial charge in [-0.25, -0.2) is 0 Å². The Morgan fingerprint density at radius 1 is 1.33 bits per heavy atom. The zero-order valence-corrected chi connectivity index (χ0v) is 10.6. The zero-order valence-electron chi connectivity index (χ0n) is 9.00. The number of morpholine rings is 1. The largest absolute Gasteiger partial charge is 0.379 e. The summed E-state index contributed by atoms with van der Waals surface area (Å²) in [4.78, 5) is 2.43. The second-order valence-corrected chi connectivity index (χ2v) is 4.84. The molecule has 1 aromatic carbocycles. The molecule has 15 heavy (non-hydrogen) atoms. The first kappa shape index (κ1) is 11.1. The fourth-order valence-corrected chi connectivity index (χ4v) is 2.40. The van der Waals surface area contributed by atoms with Gasteiger partial charge in [-0.15, -0.1) is 0 Å². The lowest BCUT2D eigenvalue weighted by molar-refractivity contribution is 0.0341. The van der Waals surface area contributed by atoms with E-state index in [0.29, 0.717) is 0 Å². The van der Waals surface area contributed by atoms with Crippen LogP contribution in [0.15, 0.2) is 22.7 Å². The summed E-state index contributed by atoms with van der Waals surface area (Å²) >= 11 is 3.62. The predicted octanol–water partition coefficient (Wildman–Crippen LogP) is 2.59. The summed E-state index contributed by atoms with van der Waals surface area (Å²) in [7, 11) is 0. The number of halogens is 1. The second kappa shape index (κ2) is 5.10. The standard InChI is InChI=1S/C12H16BrNO/c1-10-2-3-11(12(13)8-10)9-14-4-6-15-7-5-14/h2-3,8H,4-7,9H2,1H3. The SMILES string of the molecule is Cc1ccc(CN2CCOCC2)c(Br)c1. The van der Waals surface area contributed by atoms with Crippen LogP contribution in [0.2, 0.25) is 0 Å². The molecule has 2 nitrogen and oxygen atoms in total. The van der Waals surface area contributed by atoms with Crippen molar-refractivity contribution in [1.82, 2.24) is 4.90 Å². The number of hydrogen-bond donors (Lipinski definition) is 0. The monoisotopic (exact) mass is 269 g/mol. The normalized spacial score (nSPS) is 18.0. The molecule has 1 heterocycles. The van der Waals surface area contributed by atoms with Crippen LogP contribution in [-0.2, 0) is 11.3 Å². The summed E-state index contributed by atoms with van der Waals surface area (Å²) in [5.41, 5.74) is 2.66. The molecule has 0 amide bonds. The molecule has 0 aromatic heterocycles. The third-order valence-corrected chi connectivity index (χ3v) is 3.44. The molecule has 0 saturated carbocycles.